The fraction of sp³-hybridized carbons (Fsp3) is 0. The van der Waals surface area contributed by atoms with Gasteiger partial charge in [-0.3, -0.25) is 0 Å². The number of nitrogens with zero attached hydrogens (tertiary/aromatic N) is 4. The molecule has 1 aromatic carbocycles. The number of carboxylic acid groups (broad SMARTS) is 1. The molecule has 3 rings (SSSR count). The van der Waals surface area contributed by atoms with E-state index in [9.17, 15) is 4.79 Å². The molecule has 7 nitrogen and oxygen atoms in total. The molecule has 0 aliphatic heterocycles. The smallest absolute Gasteiger partial charge is 0.374 e. The Labute approximate surface area is 107 Å². The largest absolute Gasteiger partial charge is 0.475 e. The molecule has 0 aliphatic carbocycles. The van der Waals surface area contributed by atoms with E-state index >= 15 is 0 Å². The van der Waals surface area contributed by atoms with Gasteiger partial charge in [0.1, 0.15) is 0 Å². The number of hydrogen-bond donors (Lipinski definition) is 2. The summed E-state index contributed by atoms with van der Waals surface area (Å²) in [6, 6.07) is 11.0. The van der Waals surface area contributed by atoms with Crippen molar-refractivity contribution in [2.75, 3.05) is 5.32 Å². The van der Waals surface area contributed by atoms with Crippen molar-refractivity contribution >= 4 is 23.3 Å². The zero-order valence-corrected chi connectivity index (χ0v) is 9.69. The predicted octanol–water partition coefficient (Wildman–Crippen LogP) is 1.57. The van der Waals surface area contributed by atoms with Crippen molar-refractivity contribution in [2.45, 2.75) is 0 Å². The molecule has 19 heavy (non-hydrogen) atoms. The van der Waals surface area contributed by atoms with Gasteiger partial charge in [-0.2, -0.15) is 9.50 Å². The van der Waals surface area contributed by atoms with E-state index < -0.39 is 5.97 Å². The highest BCUT2D eigenvalue weighted by atomic mass is 16.4. The van der Waals surface area contributed by atoms with Gasteiger partial charge in [-0.25, -0.2) is 9.78 Å². The minimum Gasteiger partial charge on any atom is -0.475 e. The van der Waals surface area contributed by atoms with E-state index in [0.29, 0.717) is 11.6 Å². The van der Waals surface area contributed by atoms with Crippen molar-refractivity contribution in [1.82, 2.24) is 19.6 Å². The number of anilines is 2. The number of benzene rings is 1. The SMILES string of the molecule is O=C(O)c1nccc2nc(Nc3ccccc3)nn12. The van der Waals surface area contributed by atoms with Crippen molar-refractivity contribution in [1.29, 1.82) is 0 Å². The molecule has 94 valence electrons. The van der Waals surface area contributed by atoms with Gasteiger partial charge >= 0.3 is 5.97 Å². The van der Waals surface area contributed by atoms with Crippen LogP contribution in [0.15, 0.2) is 42.6 Å². The summed E-state index contributed by atoms with van der Waals surface area (Å²) in [5.74, 6) is -1.01. The quantitative estimate of drug-likeness (QED) is 0.738. The van der Waals surface area contributed by atoms with Crippen molar-refractivity contribution in [2.24, 2.45) is 0 Å². The van der Waals surface area contributed by atoms with Crippen LogP contribution in [0.1, 0.15) is 10.6 Å². The summed E-state index contributed by atoms with van der Waals surface area (Å²) in [6.45, 7) is 0. The summed E-state index contributed by atoms with van der Waals surface area (Å²) in [4.78, 5) is 19.0. The second-order valence-electron chi connectivity index (χ2n) is 3.77. The molecule has 3 aromatic rings. The molecule has 0 amide bonds. The molecular formula is C12H9N5O2. The third kappa shape index (κ3) is 2.08. The Bertz CT molecular complexity index is 738. The van der Waals surface area contributed by atoms with Crippen molar-refractivity contribution in [3.63, 3.8) is 0 Å². The lowest BCUT2D eigenvalue weighted by molar-refractivity contribution is 0.0680. The van der Waals surface area contributed by atoms with Crippen LogP contribution in [0.4, 0.5) is 11.6 Å². The van der Waals surface area contributed by atoms with E-state index in [4.69, 9.17) is 5.11 Å². The zero-order valence-electron chi connectivity index (χ0n) is 9.69. The van der Waals surface area contributed by atoms with Crippen LogP contribution in [-0.2, 0) is 0 Å². The summed E-state index contributed by atoms with van der Waals surface area (Å²) >= 11 is 0. The highest BCUT2D eigenvalue weighted by Gasteiger charge is 2.13. The lowest BCUT2D eigenvalue weighted by Gasteiger charge is -1.99. The molecule has 0 atom stereocenters. The van der Waals surface area contributed by atoms with Gasteiger partial charge in [0.15, 0.2) is 5.65 Å². The van der Waals surface area contributed by atoms with Crippen molar-refractivity contribution in [3.05, 3.63) is 48.4 Å². The topological polar surface area (TPSA) is 92.4 Å². The second-order valence-corrected chi connectivity index (χ2v) is 3.77. The van der Waals surface area contributed by atoms with Crippen LogP contribution in [0.3, 0.4) is 0 Å². The van der Waals surface area contributed by atoms with Gasteiger partial charge in [-0.1, -0.05) is 18.2 Å². The maximum Gasteiger partial charge on any atom is 0.374 e. The van der Waals surface area contributed by atoms with Gasteiger partial charge in [-0.15, -0.1) is 5.10 Å². The normalized spacial score (nSPS) is 10.5. The first-order chi connectivity index (χ1) is 9.24. The minimum absolute atomic E-state index is 0.175. The van der Waals surface area contributed by atoms with Gasteiger partial charge in [0.25, 0.3) is 0 Å². The Morgan fingerprint density at radius 2 is 2.00 bits per heavy atom. The summed E-state index contributed by atoms with van der Waals surface area (Å²) in [6.07, 6.45) is 1.39. The van der Waals surface area contributed by atoms with Gasteiger partial charge in [0, 0.05) is 18.0 Å². The van der Waals surface area contributed by atoms with Crippen LogP contribution in [-0.4, -0.2) is 30.7 Å². The highest BCUT2D eigenvalue weighted by molar-refractivity contribution is 5.84. The summed E-state index contributed by atoms with van der Waals surface area (Å²) in [5, 5.41) is 16.1. The molecule has 2 aromatic heterocycles. The number of fused-ring (bicyclic) bond motifs is 1. The Kier molecular flexibility index (Phi) is 2.57. The predicted molar refractivity (Wildman–Crippen MR) is 67.5 cm³/mol. The van der Waals surface area contributed by atoms with Crippen LogP contribution in [0.2, 0.25) is 0 Å². The number of aromatic nitrogens is 4. The first-order valence-corrected chi connectivity index (χ1v) is 5.51. The molecule has 0 bridgehead atoms. The van der Waals surface area contributed by atoms with E-state index in [1.54, 1.807) is 6.07 Å². The molecular weight excluding hydrogens is 246 g/mol. The third-order valence-electron chi connectivity index (χ3n) is 2.47. The molecule has 0 unspecified atom stereocenters. The van der Waals surface area contributed by atoms with Gasteiger partial charge in [0.2, 0.25) is 11.8 Å². The second kappa shape index (κ2) is 4.37. The summed E-state index contributed by atoms with van der Waals surface area (Å²) in [7, 11) is 0. The van der Waals surface area contributed by atoms with E-state index in [2.05, 4.69) is 20.4 Å². The van der Waals surface area contributed by atoms with E-state index in [0.717, 1.165) is 5.69 Å². The van der Waals surface area contributed by atoms with Crippen molar-refractivity contribution < 1.29 is 9.90 Å². The summed E-state index contributed by atoms with van der Waals surface area (Å²) < 4.78 is 1.19. The van der Waals surface area contributed by atoms with Gasteiger partial charge in [0.05, 0.1) is 0 Å². The first-order valence-electron chi connectivity index (χ1n) is 5.51. The average Bonchev–Trinajstić information content (AvgIpc) is 2.81. The standard InChI is InChI=1S/C12H9N5O2/c18-11(19)10-13-7-6-9-15-12(16-17(9)10)14-8-4-2-1-3-5-8/h1-7H,(H,14,16)(H,18,19). The lowest BCUT2D eigenvalue weighted by Crippen LogP contribution is -2.09. The maximum absolute atomic E-state index is 11.0. The molecule has 0 fully saturated rings. The fourth-order valence-corrected chi connectivity index (χ4v) is 1.67. The van der Waals surface area contributed by atoms with Crippen LogP contribution in [0, 0.1) is 0 Å². The Balaban J connectivity index is 2.03. The molecule has 0 spiro atoms. The Morgan fingerprint density at radius 1 is 1.21 bits per heavy atom. The number of aromatic carboxylic acids is 1. The number of para-hydroxylation sites is 1. The lowest BCUT2D eigenvalue weighted by atomic mass is 10.3. The number of rotatable bonds is 3. The molecule has 0 aliphatic rings. The molecule has 0 saturated heterocycles. The number of carbonyl (C=O) groups is 1. The highest BCUT2D eigenvalue weighted by Crippen LogP contribution is 2.13. The van der Waals surface area contributed by atoms with E-state index in [1.807, 2.05) is 30.3 Å². The molecule has 7 heteroatoms. The molecule has 2 heterocycles. The van der Waals surface area contributed by atoms with Crippen LogP contribution < -0.4 is 5.32 Å². The van der Waals surface area contributed by atoms with E-state index in [-0.39, 0.29) is 5.82 Å². The van der Waals surface area contributed by atoms with Crippen LogP contribution in [0.25, 0.3) is 5.65 Å². The van der Waals surface area contributed by atoms with Crippen molar-refractivity contribution in [3.8, 4) is 0 Å². The number of hydrogen-bond acceptors (Lipinski definition) is 5. The third-order valence-corrected chi connectivity index (χ3v) is 2.47. The van der Waals surface area contributed by atoms with Gasteiger partial charge < -0.3 is 10.4 Å². The Morgan fingerprint density at radius 3 is 2.74 bits per heavy atom. The molecule has 0 radical (unpaired) electrons. The average molecular weight is 255 g/mol. The summed E-state index contributed by atoms with van der Waals surface area (Å²) in [5.41, 5.74) is 1.24. The van der Waals surface area contributed by atoms with Crippen LogP contribution >= 0.6 is 0 Å². The minimum atomic E-state index is -1.15. The fourth-order valence-electron chi connectivity index (χ4n) is 1.67. The van der Waals surface area contributed by atoms with Crippen LogP contribution in [0.5, 0.6) is 0 Å². The number of nitrogens with one attached hydrogen (secondary N) is 1. The zero-order chi connectivity index (χ0) is 13.2. The van der Waals surface area contributed by atoms with E-state index in [1.165, 1.54) is 10.7 Å². The molecule has 0 saturated carbocycles. The monoisotopic (exact) mass is 255 g/mol. The van der Waals surface area contributed by atoms with Gasteiger partial charge in [-0.05, 0) is 12.1 Å². The Hall–Kier alpha value is -2.96. The first kappa shape index (κ1) is 11.1. The molecule has 2 N–H and O–H groups in total. The maximum atomic E-state index is 11.0. The number of carboxylic acids is 1.